The van der Waals surface area contributed by atoms with Crippen LogP contribution in [0.1, 0.15) is 182 Å². The van der Waals surface area contributed by atoms with Gasteiger partial charge in [-0.15, -0.1) is 10.2 Å². The highest BCUT2D eigenvalue weighted by atomic mass is 19.3. The predicted molar refractivity (Wildman–Crippen MR) is 328 cm³/mol. The van der Waals surface area contributed by atoms with Crippen LogP contribution in [-0.2, 0) is 25.6 Å². The third-order valence-electron chi connectivity index (χ3n) is 18.6. The summed E-state index contributed by atoms with van der Waals surface area (Å²) in [7, 11) is 0. The van der Waals surface area contributed by atoms with Crippen LogP contribution in [0.25, 0.3) is 10.9 Å². The number of β-amino-alcohol motifs (C(OH)–C–C–N with tert-alkyl or cyclic N) is 1. The average Bonchev–Trinajstić information content (AvgIpc) is 2.32. The first-order valence-corrected chi connectivity index (χ1v) is 31.5. The number of halogens is 2. The van der Waals surface area contributed by atoms with E-state index in [2.05, 4.69) is 83.7 Å². The van der Waals surface area contributed by atoms with Gasteiger partial charge in [0, 0.05) is 73.4 Å². The number of benzene rings is 3. The molecule has 5 aromatic rings. The summed E-state index contributed by atoms with van der Waals surface area (Å²) in [5.41, 5.74) is 7.79. The van der Waals surface area contributed by atoms with E-state index < -0.39 is 59.8 Å². The number of rotatable bonds is 20. The van der Waals surface area contributed by atoms with E-state index >= 15 is 0 Å². The van der Waals surface area contributed by atoms with Gasteiger partial charge < -0.3 is 36.7 Å². The number of carbonyl (C=O) groups is 5. The zero-order valence-electron chi connectivity index (χ0n) is 51.1. The standard InChI is InChI=1S/C38H50N6O5.C29H41F2N5O/c1-38(2,3)43-37(49)32-20-26-14-7-8-15-27(26)22-44(32)23-33(45)30(19-24-11-5-4-6-12-24)41-36(48)31(21-34(39)46)42-35(47)29-18-17-25-13-9-10-16-28(25)40-29;1-19(2)27-34-33-20(3)36(27)25-17-23-9-10-24(18-25)35(23)16-13-26(21-7-5-4-6-8-21)32-28(37)22-11-14-29(30,31)15-12-22/h4-6,9-13,16-18,26-27,30-33,45H,7-8,14-15,19-23H2,1-3H3,(H2,39,46)(H,41,48)(H,42,47)(H,43,49);4-8,19,22-26H,9-18H2,1-3H3,(H,32,37)/t26-,27+,30-,31-,32-,33+;23-,24+,25?,26-/m00/s1. The van der Waals surface area contributed by atoms with Gasteiger partial charge in [-0.05, 0) is 127 Å². The summed E-state index contributed by atoms with van der Waals surface area (Å²) >= 11 is 0. The molecule has 19 heteroatoms. The number of hydrogen-bond acceptors (Lipinski definition) is 11. The Hall–Kier alpha value is -6.70. The maximum atomic E-state index is 13.8. The molecule has 3 aromatic carbocycles. The van der Waals surface area contributed by atoms with Crippen molar-refractivity contribution in [3.05, 3.63) is 126 Å². The van der Waals surface area contributed by atoms with Crippen LogP contribution in [0.3, 0.4) is 0 Å². The molecule has 5 heterocycles. The number of nitrogens with two attached hydrogens (primary N) is 1. The van der Waals surface area contributed by atoms with Gasteiger partial charge >= 0.3 is 0 Å². The summed E-state index contributed by atoms with van der Waals surface area (Å²) in [5.74, 6) is -1.77. The number of likely N-dealkylation sites (tertiary alicyclic amines) is 1. The minimum Gasteiger partial charge on any atom is -0.390 e. The normalized spacial score (nSPS) is 23.8. The zero-order chi connectivity index (χ0) is 61.3. The molecule has 86 heavy (non-hydrogen) atoms. The van der Waals surface area contributed by atoms with Gasteiger partial charge in [0.2, 0.25) is 29.6 Å². The second kappa shape index (κ2) is 28.4. The summed E-state index contributed by atoms with van der Waals surface area (Å²) in [5, 5.41) is 33.5. The number of pyridine rings is 1. The quantitative estimate of drug-likeness (QED) is 0.0431. The number of hydrogen-bond donors (Lipinski definition) is 6. The Balaban J connectivity index is 0.000000213. The third-order valence-corrected chi connectivity index (χ3v) is 18.6. The first-order chi connectivity index (χ1) is 41.1. The predicted octanol–water partition coefficient (Wildman–Crippen LogP) is 9.04. The van der Waals surface area contributed by atoms with E-state index in [1.54, 1.807) is 18.2 Å². The SMILES string of the molecule is CC(C)(C)NC(=O)[C@@H]1C[C@@H]2CCCC[C@@H]2CN1C[C@@H](O)[C@H](Cc1ccccc1)NC(=O)[C@H](CC(N)=O)NC(=O)c1ccc2ccccc2n1.Cc1nnc(C(C)C)n1C1C[C@H]2CC[C@@H](C1)N2CC[C@H](NC(=O)C1CCC(F)(F)CC1)c1ccccc1. The average molecular weight is 1180 g/mol. The number of fused-ring (bicyclic) bond motifs is 4. The fraction of sp³-hybridized carbons (Fsp3) is 0.582. The van der Waals surface area contributed by atoms with Gasteiger partial charge in [-0.25, -0.2) is 13.8 Å². The number of aromatic nitrogens is 4. The van der Waals surface area contributed by atoms with Gasteiger partial charge in [0.1, 0.15) is 23.4 Å². The van der Waals surface area contributed by atoms with E-state index in [1.807, 2.05) is 87.5 Å². The highest BCUT2D eigenvalue weighted by Gasteiger charge is 2.45. The lowest BCUT2D eigenvalue weighted by atomic mass is 9.72. The maximum Gasteiger partial charge on any atom is 0.270 e. The molecular weight excluding hydrogens is 1090 g/mol. The van der Waals surface area contributed by atoms with E-state index in [1.165, 1.54) is 19.3 Å². The smallest absolute Gasteiger partial charge is 0.270 e. The van der Waals surface area contributed by atoms with Crippen molar-refractivity contribution in [3.63, 3.8) is 0 Å². The number of nitrogens with zero attached hydrogens (tertiary/aromatic N) is 6. The molecule has 5 aliphatic rings. The molecule has 3 saturated heterocycles. The molecule has 10 rings (SSSR count). The van der Waals surface area contributed by atoms with Crippen LogP contribution >= 0.6 is 0 Å². The zero-order valence-corrected chi connectivity index (χ0v) is 51.1. The summed E-state index contributed by atoms with van der Waals surface area (Å²) in [6.07, 6.45) is 9.62. The molecule has 0 spiro atoms. The van der Waals surface area contributed by atoms with Crippen LogP contribution in [0.2, 0.25) is 0 Å². The van der Waals surface area contributed by atoms with Gasteiger partial charge in [0.05, 0.1) is 36.2 Å². The van der Waals surface area contributed by atoms with Crippen LogP contribution in [0, 0.1) is 24.7 Å². The van der Waals surface area contributed by atoms with Gasteiger partial charge in [-0.2, -0.15) is 0 Å². The summed E-state index contributed by atoms with van der Waals surface area (Å²) in [4.78, 5) is 75.0. The fourth-order valence-electron chi connectivity index (χ4n) is 14.2. The summed E-state index contributed by atoms with van der Waals surface area (Å²) < 4.78 is 29.6. The van der Waals surface area contributed by atoms with Crippen molar-refractivity contribution in [3.8, 4) is 0 Å². The second-order valence-electron chi connectivity index (χ2n) is 26.5. The van der Waals surface area contributed by atoms with Crippen LogP contribution in [-0.4, -0.2) is 132 Å². The number of para-hydroxylation sites is 1. The Bertz CT molecular complexity index is 3080. The molecule has 17 nitrogen and oxygen atoms in total. The van der Waals surface area contributed by atoms with E-state index in [0.29, 0.717) is 47.9 Å². The fourth-order valence-corrected chi connectivity index (χ4v) is 14.2. The molecule has 2 bridgehead atoms. The number of carbonyl (C=O) groups excluding carboxylic acids is 5. The lowest BCUT2D eigenvalue weighted by Crippen LogP contribution is -2.61. The Morgan fingerprint density at radius 1 is 0.756 bits per heavy atom. The van der Waals surface area contributed by atoms with Crippen molar-refractivity contribution in [1.82, 2.24) is 50.8 Å². The molecule has 10 atom stereocenters. The molecule has 1 unspecified atom stereocenters. The van der Waals surface area contributed by atoms with E-state index in [9.17, 15) is 37.9 Å². The first-order valence-electron chi connectivity index (χ1n) is 31.5. The summed E-state index contributed by atoms with van der Waals surface area (Å²) in [6, 6.07) is 29.1. The molecule has 0 radical (unpaired) electrons. The Morgan fingerprint density at radius 2 is 1.41 bits per heavy atom. The maximum absolute atomic E-state index is 13.8. The minimum atomic E-state index is -2.62. The number of amides is 5. The largest absolute Gasteiger partial charge is 0.390 e. The Kier molecular flexibility index (Phi) is 21.1. The molecule has 5 fully saturated rings. The van der Waals surface area contributed by atoms with E-state index in [0.717, 1.165) is 79.7 Å². The van der Waals surface area contributed by atoms with Crippen LogP contribution in [0.4, 0.5) is 8.78 Å². The number of primary amides is 1. The van der Waals surface area contributed by atoms with Crippen molar-refractivity contribution in [2.75, 3.05) is 19.6 Å². The van der Waals surface area contributed by atoms with E-state index in [4.69, 9.17) is 5.73 Å². The molecule has 464 valence electrons. The molecular formula is C67H91F2N11O6. The highest BCUT2D eigenvalue weighted by Crippen LogP contribution is 2.43. The molecule has 2 aromatic heterocycles. The number of aliphatic hydroxyl groups excluding tert-OH is 1. The molecule has 5 amide bonds. The first kappa shape index (κ1) is 63.8. The molecule has 2 aliphatic carbocycles. The van der Waals surface area contributed by atoms with Gasteiger partial charge in [0.25, 0.3) is 5.91 Å². The van der Waals surface area contributed by atoms with Crippen molar-refractivity contribution in [1.29, 1.82) is 0 Å². The monoisotopic (exact) mass is 1180 g/mol. The van der Waals surface area contributed by atoms with Crippen LogP contribution < -0.4 is 27.0 Å². The van der Waals surface area contributed by atoms with Crippen molar-refractivity contribution in [2.24, 2.45) is 23.5 Å². The topological polar surface area (TPSA) is 230 Å². The molecule has 2 saturated carbocycles. The van der Waals surface area contributed by atoms with E-state index in [-0.39, 0.29) is 68.1 Å². The Morgan fingerprint density at radius 3 is 2.07 bits per heavy atom. The van der Waals surface area contributed by atoms with Crippen molar-refractivity contribution >= 4 is 40.4 Å². The number of piperidine rings is 2. The number of nitrogens with one attached hydrogen (secondary N) is 4. The summed E-state index contributed by atoms with van der Waals surface area (Å²) in [6.45, 7) is 14.1. The van der Waals surface area contributed by atoms with Crippen molar-refractivity contribution < 1.29 is 37.9 Å². The second-order valence-corrected chi connectivity index (χ2v) is 26.5. The number of alkyl halides is 2. The van der Waals surface area contributed by atoms with Gasteiger partial charge in [-0.1, -0.05) is 118 Å². The highest BCUT2D eigenvalue weighted by molar-refractivity contribution is 5.99. The molecule has 3 aliphatic heterocycles. The van der Waals surface area contributed by atoms with Gasteiger partial charge in [0.15, 0.2) is 0 Å². The number of aliphatic hydroxyl groups is 1. The van der Waals surface area contributed by atoms with Gasteiger partial charge in [-0.3, -0.25) is 33.8 Å². The minimum absolute atomic E-state index is 0.0566. The molecule has 7 N–H and O–H groups in total. The Labute approximate surface area is 505 Å². The number of aryl methyl sites for hydroxylation is 1. The van der Waals surface area contributed by atoms with Crippen LogP contribution in [0.5, 0.6) is 0 Å². The lowest BCUT2D eigenvalue weighted by Gasteiger charge is -2.47. The van der Waals surface area contributed by atoms with Crippen molar-refractivity contribution in [2.45, 2.75) is 210 Å². The third kappa shape index (κ3) is 16.7. The van der Waals surface area contributed by atoms with Crippen LogP contribution in [0.15, 0.2) is 97.1 Å². The lowest BCUT2D eigenvalue weighted by molar-refractivity contribution is -0.133.